The number of nitrogens with one attached hydrogen (secondary N) is 1. The average molecular weight is 333 g/mol. The van der Waals surface area contributed by atoms with Crippen molar-refractivity contribution in [2.45, 2.75) is 13.3 Å². The Morgan fingerprint density at radius 1 is 1.48 bits per heavy atom. The molecule has 2 rings (SSSR count). The average Bonchev–Trinajstić information content (AvgIpc) is 2.89. The number of carboxylic acids is 1. The molecule has 2 N–H and O–H groups in total. The molecule has 1 unspecified atom stereocenters. The van der Waals surface area contributed by atoms with Gasteiger partial charge in [0.05, 0.1) is 6.42 Å². The van der Waals surface area contributed by atoms with Crippen LogP contribution in [0, 0.1) is 23.1 Å². The largest absolute Gasteiger partial charge is 0.481 e. The number of thiazole rings is 1. The lowest BCUT2D eigenvalue weighted by Crippen LogP contribution is -2.22. The zero-order chi connectivity index (χ0) is 17.0. The van der Waals surface area contributed by atoms with Gasteiger partial charge in [-0.2, -0.15) is 5.26 Å². The number of hydrogen-bond acceptors (Lipinski definition) is 5. The number of nitriles is 1. The maximum Gasteiger partial charge on any atom is 0.304 e. The minimum atomic E-state index is -1.09. The molecule has 1 aromatic carbocycles. The number of halogens is 1. The van der Waals surface area contributed by atoms with Crippen LogP contribution in [0.25, 0.3) is 11.3 Å². The number of rotatable bonds is 5. The third kappa shape index (κ3) is 3.90. The lowest BCUT2D eigenvalue weighted by atomic mass is 10.1. The molecule has 0 spiro atoms. The summed E-state index contributed by atoms with van der Waals surface area (Å²) in [5, 5.41) is 20.4. The van der Waals surface area contributed by atoms with Crippen LogP contribution in [0.5, 0.6) is 0 Å². The van der Waals surface area contributed by atoms with Crippen molar-refractivity contribution in [2.24, 2.45) is 5.92 Å². The summed E-state index contributed by atoms with van der Waals surface area (Å²) in [6.45, 7) is 1.47. The number of nitrogens with zero attached hydrogens (tertiary/aromatic N) is 2. The number of carboxylic acid groups (broad SMARTS) is 1. The van der Waals surface area contributed by atoms with Crippen molar-refractivity contribution < 1.29 is 19.1 Å². The van der Waals surface area contributed by atoms with Crippen LogP contribution >= 0.6 is 11.3 Å². The predicted molar refractivity (Wildman–Crippen MR) is 82.3 cm³/mol. The van der Waals surface area contributed by atoms with Crippen LogP contribution in [0.2, 0.25) is 0 Å². The summed E-state index contributed by atoms with van der Waals surface area (Å²) in [6.07, 6.45) is -0.317. The number of aromatic nitrogens is 1. The summed E-state index contributed by atoms with van der Waals surface area (Å²) in [6, 6.07) is 7.80. The lowest BCUT2D eigenvalue weighted by molar-refractivity contribution is -0.139. The van der Waals surface area contributed by atoms with Gasteiger partial charge in [0.2, 0.25) is 5.91 Å². The number of carbonyl (C=O) groups excluding carboxylic acids is 1. The maximum atomic E-state index is 13.8. The van der Waals surface area contributed by atoms with Gasteiger partial charge in [0.1, 0.15) is 22.5 Å². The molecule has 0 saturated carbocycles. The van der Waals surface area contributed by atoms with Gasteiger partial charge in [0.25, 0.3) is 0 Å². The van der Waals surface area contributed by atoms with Crippen molar-refractivity contribution in [3.8, 4) is 17.3 Å². The van der Waals surface area contributed by atoms with Gasteiger partial charge in [0, 0.05) is 11.5 Å². The molecule has 0 aliphatic rings. The van der Waals surface area contributed by atoms with E-state index >= 15 is 0 Å². The molecule has 2 aromatic rings. The minimum absolute atomic E-state index is 0.127. The Labute approximate surface area is 135 Å². The van der Waals surface area contributed by atoms with Crippen molar-refractivity contribution in [1.82, 2.24) is 4.98 Å². The first-order valence-electron chi connectivity index (χ1n) is 6.61. The molecular formula is C15H12FN3O3S. The fourth-order valence-corrected chi connectivity index (χ4v) is 2.65. The SMILES string of the molecule is CC(CC(=O)O)C(=O)Nc1nc(-c2ccccc2F)c(C#N)s1. The molecule has 1 amide bonds. The topological polar surface area (TPSA) is 103 Å². The van der Waals surface area contributed by atoms with Crippen LogP contribution in [0.15, 0.2) is 24.3 Å². The molecule has 1 atom stereocenters. The molecule has 0 bridgehead atoms. The number of carbonyl (C=O) groups is 2. The first-order valence-corrected chi connectivity index (χ1v) is 7.42. The van der Waals surface area contributed by atoms with Crippen molar-refractivity contribution >= 4 is 28.3 Å². The van der Waals surface area contributed by atoms with E-state index in [2.05, 4.69) is 10.3 Å². The van der Waals surface area contributed by atoms with Gasteiger partial charge < -0.3 is 10.4 Å². The Hall–Kier alpha value is -2.79. The predicted octanol–water partition coefficient (Wildman–Crippen LogP) is 2.87. The fourth-order valence-electron chi connectivity index (χ4n) is 1.87. The van der Waals surface area contributed by atoms with Gasteiger partial charge in [-0.25, -0.2) is 9.37 Å². The van der Waals surface area contributed by atoms with Crippen LogP contribution in [0.4, 0.5) is 9.52 Å². The Morgan fingerprint density at radius 3 is 2.78 bits per heavy atom. The highest BCUT2D eigenvalue weighted by Crippen LogP contribution is 2.32. The molecule has 118 valence electrons. The van der Waals surface area contributed by atoms with Gasteiger partial charge in [-0.15, -0.1) is 0 Å². The molecular weight excluding hydrogens is 321 g/mol. The zero-order valence-corrected chi connectivity index (χ0v) is 12.9. The molecule has 0 aliphatic carbocycles. The third-order valence-corrected chi connectivity index (χ3v) is 3.89. The van der Waals surface area contributed by atoms with Crippen molar-refractivity contribution in [3.05, 3.63) is 35.0 Å². The number of anilines is 1. The number of aliphatic carboxylic acids is 1. The Morgan fingerprint density at radius 2 is 2.17 bits per heavy atom. The number of hydrogen-bond donors (Lipinski definition) is 2. The number of amides is 1. The molecule has 1 heterocycles. The van der Waals surface area contributed by atoms with Gasteiger partial charge in [-0.1, -0.05) is 30.4 Å². The summed E-state index contributed by atoms with van der Waals surface area (Å²) in [5.41, 5.74) is 0.316. The summed E-state index contributed by atoms with van der Waals surface area (Å²) in [7, 11) is 0. The van der Waals surface area contributed by atoms with E-state index in [0.29, 0.717) is 0 Å². The van der Waals surface area contributed by atoms with Crippen molar-refractivity contribution in [1.29, 1.82) is 5.26 Å². The zero-order valence-electron chi connectivity index (χ0n) is 12.0. The Balaban J connectivity index is 2.27. The van der Waals surface area contributed by atoms with E-state index in [1.165, 1.54) is 25.1 Å². The lowest BCUT2D eigenvalue weighted by Gasteiger charge is -2.07. The molecule has 0 radical (unpaired) electrons. The summed E-state index contributed by atoms with van der Waals surface area (Å²) in [5.74, 6) is -2.88. The highest BCUT2D eigenvalue weighted by molar-refractivity contribution is 7.16. The standard InChI is InChI=1S/C15H12FN3O3S/c1-8(6-12(20)21)14(22)19-15-18-13(11(7-17)23-15)9-4-2-3-5-10(9)16/h2-5,8H,6H2,1H3,(H,20,21)(H,18,19,22). The van der Waals surface area contributed by atoms with E-state index in [0.717, 1.165) is 11.3 Å². The van der Waals surface area contributed by atoms with Gasteiger partial charge >= 0.3 is 5.97 Å². The normalized spacial score (nSPS) is 11.5. The van der Waals surface area contributed by atoms with Crippen LogP contribution in [0.1, 0.15) is 18.2 Å². The van der Waals surface area contributed by atoms with Gasteiger partial charge in [-0.3, -0.25) is 9.59 Å². The van der Waals surface area contributed by atoms with E-state index < -0.39 is 23.6 Å². The Bertz CT molecular complexity index is 798. The Kier molecular flexibility index (Phi) is 5.03. The fraction of sp³-hybridized carbons (Fsp3) is 0.200. The van der Waals surface area contributed by atoms with Gasteiger partial charge in [-0.05, 0) is 12.1 Å². The summed E-state index contributed by atoms with van der Waals surface area (Å²) < 4.78 is 13.8. The molecule has 6 nitrogen and oxygen atoms in total. The first-order chi connectivity index (χ1) is 10.9. The third-order valence-electron chi connectivity index (χ3n) is 3.02. The summed E-state index contributed by atoms with van der Waals surface area (Å²) >= 11 is 0.909. The second-order valence-electron chi connectivity index (χ2n) is 4.78. The second kappa shape index (κ2) is 6.98. The monoisotopic (exact) mass is 333 g/mol. The van der Waals surface area contributed by atoms with E-state index in [1.54, 1.807) is 6.07 Å². The van der Waals surface area contributed by atoms with Gasteiger partial charge in [0.15, 0.2) is 5.13 Å². The molecule has 8 heteroatoms. The number of benzene rings is 1. The summed E-state index contributed by atoms with van der Waals surface area (Å²) in [4.78, 5) is 26.8. The maximum absolute atomic E-state index is 13.8. The second-order valence-corrected chi connectivity index (χ2v) is 5.78. The molecule has 0 fully saturated rings. The van der Waals surface area contributed by atoms with Crippen LogP contribution in [-0.2, 0) is 9.59 Å². The first kappa shape index (κ1) is 16.6. The van der Waals surface area contributed by atoms with Crippen LogP contribution in [0.3, 0.4) is 0 Å². The smallest absolute Gasteiger partial charge is 0.304 e. The van der Waals surface area contributed by atoms with E-state index in [-0.39, 0.29) is 27.7 Å². The molecule has 0 aliphatic heterocycles. The molecule has 0 saturated heterocycles. The van der Waals surface area contributed by atoms with E-state index in [9.17, 15) is 14.0 Å². The van der Waals surface area contributed by atoms with E-state index in [1.807, 2.05) is 6.07 Å². The quantitative estimate of drug-likeness (QED) is 0.875. The van der Waals surface area contributed by atoms with Crippen LogP contribution in [-0.4, -0.2) is 22.0 Å². The molecule has 1 aromatic heterocycles. The van der Waals surface area contributed by atoms with Crippen LogP contribution < -0.4 is 5.32 Å². The highest BCUT2D eigenvalue weighted by atomic mass is 32.1. The molecule has 23 heavy (non-hydrogen) atoms. The highest BCUT2D eigenvalue weighted by Gasteiger charge is 2.20. The minimum Gasteiger partial charge on any atom is -0.481 e. The van der Waals surface area contributed by atoms with E-state index in [4.69, 9.17) is 10.4 Å². The van der Waals surface area contributed by atoms with Crippen molar-refractivity contribution in [3.63, 3.8) is 0 Å². The van der Waals surface area contributed by atoms with Crippen molar-refractivity contribution in [2.75, 3.05) is 5.32 Å².